The van der Waals surface area contributed by atoms with Gasteiger partial charge in [-0.05, 0) is 13.8 Å². The van der Waals surface area contributed by atoms with Crippen molar-refractivity contribution in [3.8, 4) is 0 Å². The number of carbonyl (C=O) groups excluding carboxylic acids is 1. The molecule has 18 heavy (non-hydrogen) atoms. The number of rotatable bonds is 2. The van der Waals surface area contributed by atoms with E-state index in [9.17, 15) is 28.2 Å². The maximum absolute atomic E-state index is 12.3. The number of fused-ring (bicyclic) bond motifs is 1. The topological polar surface area (TPSA) is 109 Å². The lowest BCUT2D eigenvalue weighted by Gasteiger charge is -2.46. The molecular formula is C9H13BrNO6S+. The number of sulfone groups is 1. The summed E-state index contributed by atoms with van der Waals surface area (Å²) in [5, 5.41) is 17.4. The van der Waals surface area contributed by atoms with Crippen LogP contribution in [0.1, 0.15) is 13.8 Å². The van der Waals surface area contributed by atoms with Gasteiger partial charge in [0, 0.05) is 0 Å². The highest BCUT2D eigenvalue weighted by Gasteiger charge is 2.84. The van der Waals surface area contributed by atoms with Crippen LogP contribution in [0.25, 0.3) is 0 Å². The Morgan fingerprint density at radius 3 is 2.39 bits per heavy atom. The molecule has 9 heteroatoms. The summed E-state index contributed by atoms with van der Waals surface area (Å²) in [6.07, 6.45) is 0. The number of halogens is 1. The lowest BCUT2D eigenvalue weighted by atomic mass is 9.94. The van der Waals surface area contributed by atoms with Crippen LogP contribution in [0.3, 0.4) is 0 Å². The maximum Gasteiger partial charge on any atom is 0.364 e. The molecule has 2 rings (SSSR count). The van der Waals surface area contributed by atoms with Crippen LogP contribution in [0.4, 0.5) is 0 Å². The largest absolute Gasteiger partial charge is 0.477 e. The molecule has 0 aliphatic carbocycles. The Morgan fingerprint density at radius 1 is 1.50 bits per heavy atom. The second-order valence-electron chi connectivity index (χ2n) is 5.09. The number of aliphatic hydroxyl groups is 1. The van der Waals surface area contributed by atoms with E-state index in [0.29, 0.717) is 0 Å². The summed E-state index contributed by atoms with van der Waals surface area (Å²) in [6.45, 7) is 1.73. The van der Waals surface area contributed by atoms with E-state index in [2.05, 4.69) is 15.9 Å². The lowest BCUT2D eigenvalue weighted by Crippen LogP contribution is -2.78. The molecule has 0 radical (unpaired) electrons. The Kier molecular flexibility index (Phi) is 2.73. The Hall–Kier alpha value is -0.510. The van der Waals surface area contributed by atoms with E-state index in [0.717, 1.165) is 0 Å². The van der Waals surface area contributed by atoms with Crippen molar-refractivity contribution in [1.82, 2.24) is 0 Å². The van der Waals surface area contributed by atoms with Crippen molar-refractivity contribution >= 4 is 37.6 Å². The van der Waals surface area contributed by atoms with Gasteiger partial charge < -0.3 is 10.2 Å². The Labute approximate surface area is 112 Å². The first-order valence-electron chi connectivity index (χ1n) is 5.20. The second kappa shape index (κ2) is 3.53. The zero-order valence-electron chi connectivity index (χ0n) is 9.70. The lowest BCUT2D eigenvalue weighted by molar-refractivity contribution is -0.917. The zero-order chi connectivity index (χ0) is 14.1. The third-order valence-corrected chi connectivity index (χ3v) is 8.21. The molecule has 7 nitrogen and oxygen atoms in total. The van der Waals surface area contributed by atoms with Crippen LogP contribution in [0.15, 0.2) is 0 Å². The quantitative estimate of drug-likeness (QED) is 0.380. The highest BCUT2D eigenvalue weighted by molar-refractivity contribution is 9.10. The van der Waals surface area contributed by atoms with E-state index < -0.39 is 53.9 Å². The molecule has 4 atom stereocenters. The predicted molar refractivity (Wildman–Crippen MR) is 63.3 cm³/mol. The summed E-state index contributed by atoms with van der Waals surface area (Å²) in [5.41, 5.74) is 0. The molecule has 0 bridgehead atoms. The highest BCUT2D eigenvalue weighted by Crippen LogP contribution is 2.54. The Bertz CT molecular complexity index is 543. The number of quaternary nitrogens is 1. The van der Waals surface area contributed by atoms with Gasteiger partial charge in [-0.25, -0.2) is 22.5 Å². The second-order valence-corrected chi connectivity index (χ2v) is 8.70. The molecule has 0 aromatic heterocycles. The van der Waals surface area contributed by atoms with E-state index >= 15 is 0 Å². The number of carbonyl (C=O) groups is 2. The minimum absolute atomic E-state index is 0.607. The molecule has 2 heterocycles. The van der Waals surface area contributed by atoms with Crippen LogP contribution in [-0.4, -0.2) is 62.7 Å². The van der Waals surface area contributed by atoms with Gasteiger partial charge in [0.25, 0.3) is 0 Å². The number of alkyl halides is 1. The Balaban J connectivity index is 2.75. The maximum atomic E-state index is 12.3. The summed E-state index contributed by atoms with van der Waals surface area (Å²) in [6, 6.07) is -1.49. The minimum atomic E-state index is -3.85. The minimum Gasteiger partial charge on any atom is -0.477 e. The van der Waals surface area contributed by atoms with Gasteiger partial charge in [0.05, 0.1) is 0 Å². The van der Waals surface area contributed by atoms with E-state index in [1.165, 1.54) is 13.8 Å². The molecule has 1 unspecified atom stereocenters. The summed E-state index contributed by atoms with van der Waals surface area (Å²) < 4.78 is 22.1. The number of β-lactam (4-membered cyclic amide) rings is 1. The van der Waals surface area contributed by atoms with Crippen molar-refractivity contribution in [3.63, 3.8) is 0 Å². The normalized spacial score (nSPS) is 44.2. The first-order chi connectivity index (χ1) is 8.06. The standard InChI is InChI=1S/C9H12BrNO6S/c1-9(2)5(8(14)15)11(3-12)6(13)4(10)7(11)18(9,16)17/h4-5,7,12H,3H2,1-2H3/p+1/t4-,5+,7-,11?/m1/s1. The van der Waals surface area contributed by atoms with Gasteiger partial charge >= 0.3 is 11.9 Å². The number of aliphatic hydroxyl groups excluding tert-OH is 1. The number of hydrogen-bond acceptors (Lipinski definition) is 5. The summed E-state index contributed by atoms with van der Waals surface area (Å²) in [7, 11) is -3.85. The van der Waals surface area contributed by atoms with E-state index in [1.54, 1.807) is 0 Å². The SMILES string of the molecule is CC1(C)[C@H](C(=O)O)[N+]2(CO)C(=O)[C@@H](Br)[C@H]2S1(=O)=O. The van der Waals surface area contributed by atoms with Gasteiger partial charge in [-0.1, -0.05) is 15.9 Å². The molecule has 2 aliphatic heterocycles. The summed E-state index contributed by atoms with van der Waals surface area (Å²) in [4.78, 5) is 22.3. The van der Waals surface area contributed by atoms with Gasteiger partial charge in [0.1, 0.15) is 4.75 Å². The number of aliphatic carboxylic acids is 1. The average Bonchev–Trinajstić information content (AvgIpc) is 2.37. The number of carboxylic acid groups (broad SMARTS) is 1. The number of nitrogens with zero attached hydrogens (tertiary/aromatic N) is 1. The van der Waals surface area contributed by atoms with E-state index in [4.69, 9.17) is 0 Å². The van der Waals surface area contributed by atoms with Crippen molar-refractivity contribution in [2.45, 2.75) is 34.8 Å². The first kappa shape index (κ1) is 13.9. The van der Waals surface area contributed by atoms with Gasteiger partial charge in [-0.15, -0.1) is 0 Å². The molecule has 2 aliphatic rings. The zero-order valence-corrected chi connectivity index (χ0v) is 12.1. The fraction of sp³-hybridized carbons (Fsp3) is 0.778. The van der Waals surface area contributed by atoms with E-state index in [-0.39, 0.29) is 0 Å². The molecule has 2 fully saturated rings. The van der Waals surface area contributed by atoms with Crippen LogP contribution in [-0.2, 0) is 19.4 Å². The third-order valence-electron chi connectivity index (χ3n) is 3.99. The van der Waals surface area contributed by atoms with Crippen LogP contribution < -0.4 is 0 Å². The van der Waals surface area contributed by atoms with E-state index in [1.807, 2.05) is 0 Å². The van der Waals surface area contributed by atoms with Crippen molar-refractivity contribution in [1.29, 1.82) is 0 Å². The van der Waals surface area contributed by atoms with Gasteiger partial charge in [0.15, 0.2) is 11.6 Å². The summed E-state index contributed by atoms with van der Waals surface area (Å²) in [5.74, 6) is -2.00. The summed E-state index contributed by atoms with van der Waals surface area (Å²) >= 11 is 2.96. The molecule has 0 aromatic rings. The van der Waals surface area contributed by atoms with Crippen LogP contribution in [0, 0.1) is 0 Å². The molecule has 0 spiro atoms. The smallest absolute Gasteiger partial charge is 0.364 e. The van der Waals surface area contributed by atoms with Crippen LogP contribution in [0.2, 0.25) is 0 Å². The number of amides is 1. The molecule has 102 valence electrons. The first-order valence-corrected chi connectivity index (χ1v) is 7.66. The molecule has 2 saturated heterocycles. The highest BCUT2D eigenvalue weighted by atomic mass is 79.9. The molecule has 0 saturated carbocycles. The number of hydrogen-bond donors (Lipinski definition) is 2. The fourth-order valence-electron chi connectivity index (χ4n) is 3.06. The van der Waals surface area contributed by atoms with Gasteiger partial charge in [-0.2, -0.15) is 0 Å². The van der Waals surface area contributed by atoms with Crippen molar-refractivity contribution in [3.05, 3.63) is 0 Å². The van der Waals surface area contributed by atoms with Crippen molar-refractivity contribution in [2.24, 2.45) is 0 Å². The predicted octanol–water partition coefficient (Wildman–Crippen LogP) is -0.957. The molecule has 2 N–H and O–H groups in total. The molecule has 0 aromatic carbocycles. The van der Waals surface area contributed by atoms with Crippen LogP contribution >= 0.6 is 15.9 Å². The average molecular weight is 343 g/mol. The van der Waals surface area contributed by atoms with Crippen molar-refractivity contribution < 1.29 is 32.7 Å². The molecule has 1 amide bonds. The van der Waals surface area contributed by atoms with Crippen LogP contribution in [0.5, 0.6) is 0 Å². The number of carboxylic acids is 1. The fourth-order valence-corrected chi connectivity index (χ4v) is 7.15. The van der Waals surface area contributed by atoms with Gasteiger partial charge in [0.2, 0.25) is 21.3 Å². The Morgan fingerprint density at radius 2 is 2.00 bits per heavy atom. The van der Waals surface area contributed by atoms with Crippen molar-refractivity contribution in [2.75, 3.05) is 6.73 Å². The monoisotopic (exact) mass is 342 g/mol. The molecular weight excluding hydrogens is 330 g/mol. The third kappa shape index (κ3) is 1.14. The van der Waals surface area contributed by atoms with Gasteiger partial charge in [-0.3, -0.25) is 0 Å².